The lowest BCUT2D eigenvalue weighted by atomic mass is 10.1. The van der Waals surface area contributed by atoms with Crippen LogP contribution in [0, 0.1) is 0 Å². The van der Waals surface area contributed by atoms with Crippen LogP contribution in [-0.4, -0.2) is 19.2 Å². The van der Waals surface area contributed by atoms with Crippen LogP contribution in [0.25, 0.3) is 0 Å². The van der Waals surface area contributed by atoms with Gasteiger partial charge in [0.1, 0.15) is 5.75 Å². The summed E-state index contributed by atoms with van der Waals surface area (Å²) in [5.74, 6) is 0.752. The third-order valence-corrected chi connectivity index (χ3v) is 3.40. The molecule has 0 radical (unpaired) electrons. The van der Waals surface area contributed by atoms with Crippen molar-refractivity contribution in [1.82, 2.24) is 5.32 Å². The third kappa shape index (κ3) is 4.38. The van der Waals surface area contributed by atoms with Crippen LogP contribution in [0.2, 0.25) is 10.0 Å². The fourth-order valence-corrected chi connectivity index (χ4v) is 2.64. The fourth-order valence-electron chi connectivity index (χ4n) is 2.13. The molecule has 1 aliphatic heterocycles. The maximum atomic E-state index is 5.89. The number of hydrogen-bond donors (Lipinski definition) is 1. The van der Waals surface area contributed by atoms with Crippen molar-refractivity contribution in [3.05, 3.63) is 28.2 Å². The van der Waals surface area contributed by atoms with Crippen molar-refractivity contribution >= 4 is 23.2 Å². The smallest absolute Gasteiger partial charge is 0.122 e. The van der Waals surface area contributed by atoms with Crippen LogP contribution in [0.3, 0.4) is 0 Å². The van der Waals surface area contributed by atoms with Gasteiger partial charge in [0, 0.05) is 16.1 Å². The molecule has 94 valence electrons. The lowest BCUT2D eigenvalue weighted by molar-refractivity contribution is 0.299. The largest absolute Gasteiger partial charge is 0.493 e. The molecule has 1 aliphatic rings. The van der Waals surface area contributed by atoms with E-state index in [2.05, 4.69) is 5.32 Å². The highest BCUT2D eigenvalue weighted by molar-refractivity contribution is 6.34. The lowest BCUT2D eigenvalue weighted by Crippen LogP contribution is -2.21. The number of halogens is 2. The minimum absolute atomic E-state index is 0.616. The number of benzene rings is 1. The summed E-state index contributed by atoms with van der Waals surface area (Å²) >= 11 is 11.8. The molecule has 0 aliphatic carbocycles. The second kappa shape index (κ2) is 6.48. The van der Waals surface area contributed by atoms with Crippen molar-refractivity contribution in [2.45, 2.75) is 31.7 Å². The van der Waals surface area contributed by atoms with E-state index in [1.54, 1.807) is 18.2 Å². The fraction of sp³-hybridized carbons (Fsp3) is 0.538. The van der Waals surface area contributed by atoms with Gasteiger partial charge in [0.25, 0.3) is 0 Å². The topological polar surface area (TPSA) is 21.3 Å². The monoisotopic (exact) mass is 273 g/mol. The van der Waals surface area contributed by atoms with Gasteiger partial charge in [0.2, 0.25) is 0 Å². The maximum absolute atomic E-state index is 5.89. The first-order valence-electron chi connectivity index (χ1n) is 6.06. The quantitative estimate of drug-likeness (QED) is 0.822. The Morgan fingerprint density at radius 3 is 2.65 bits per heavy atom. The summed E-state index contributed by atoms with van der Waals surface area (Å²) in [6.07, 6.45) is 4.83. The SMILES string of the molecule is Clc1cc(Cl)cc(OCCCC2CCCN2)c1. The van der Waals surface area contributed by atoms with Gasteiger partial charge in [0.05, 0.1) is 6.61 Å². The summed E-state index contributed by atoms with van der Waals surface area (Å²) in [6.45, 7) is 1.88. The average Bonchev–Trinajstić information content (AvgIpc) is 2.76. The molecular formula is C13H17Cl2NO. The Morgan fingerprint density at radius 1 is 1.24 bits per heavy atom. The van der Waals surface area contributed by atoms with E-state index in [4.69, 9.17) is 27.9 Å². The predicted octanol–water partition coefficient (Wildman–Crippen LogP) is 3.90. The molecule has 1 fully saturated rings. The van der Waals surface area contributed by atoms with E-state index in [1.165, 1.54) is 19.3 Å². The van der Waals surface area contributed by atoms with Gasteiger partial charge >= 0.3 is 0 Å². The van der Waals surface area contributed by atoms with Gasteiger partial charge in [0.15, 0.2) is 0 Å². The summed E-state index contributed by atoms with van der Waals surface area (Å²) in [5, 5.41) is 4.71. The van der Waals surface area contributed by atoms with Gasteiger partial charge in [-0.3, -0.25) is 0 Å². The highest BCUT2D eigenvalue weighted by atomic mass is 35.5. The Bertz CT molecular complexity index is 344. The van der Waals surface area contributed by atoms with Crippen LogP contribution in [-0.2, 0) is 0 Å². The number of nitrogens with one attached hydrogen (secondary N) is 1. The summed E-state index contributed by atoms with van der Waals surface area (Å²) in [5.41, 5.74) is 0. The number of ether oxygens (including phenoxy) is 1. The van der Waals surface area contributed by atoms with Crippen molar-refractivity contribution in [2.75, 3.05) is 13.2 Å². The summed E-state index contributed by atoms with van der Waals surface area (Å²) in [4.78, 5) is 0. The lowest BCUT2D eigenvalue weighted by Gasteiger charge is -2.11. The predicted molar refractivity (Wildman–Crippen MR) is 72.2 cm³/mol. The molecule has 1 N–H and O–H groups in total. The first kappa shape index (κ1) is 13.0. The first-order chi connectivity index (χ1) is 8.24. The van der Waals surface area contributed by atoms with E-state index in [0.29, 0.717) is 16.1 Å². The van der Waals surface area contributed by atoms with Crippen LogP contribution >= 0.6 is 23.2 Å². The van der Waals surface area contributed by atoms with E-state index in [1.807, 2.05) is 0 Å². The Balaban J connectivity index is 1.70. The molecule has 1 unspecified atom stereocenters. The molecule has 0 aromatic heterocycles. The van der Waals surface area contributed by atoms with Gasteiger partial charge < -0.3 is 10.1 Å². The van der Waals surface area contributed by atoms with Gasteiger partial charge in [-0.15, -0.1) is 0 Å². The van der Waals surface area contributed by atoms with Gasteiger partial charge in [-0.05, 0) is 50.4 Å². The second-order valence-corrected chi connectivity index (χ2v) is 5.26. The molecule has 2 nitrogen and oxygen atoms in total. The van der Waals surface area contributed by atoms with Crippen molar-refractivity contribution in [1.29, 1.82) is 0 Å². The zero-order chi connectivity index (χ0) is 12.1. The van der Waals surface area contributed by atoms with Gasteiger partial charge in [-0.25, -0.2) is 0 Å². The molecule has 0 amide bonds. The molecular weight excluding hydrogens is 257 g/mol. The Morgan fingerprint density at radius 2 is 2.00 bits per heavy atom. The van der Waals surface area contributed by atoms with Crippen molar-refractivity contribution in [3.8, 4) is 5.75 Å². The van der Waals surface area contributed by atoms with Crippen LogP contribution in [0.5, 0.6) is 5.75 Å². The molecule has 1 saturated heterocycles. The van der Waals surface area contributed by atoms with Gasteiger partial charge in [-0.2, -0.15) is 0 Å². The van der Waals surface area contributed by atoms with E-state index in [-0.39, 0.29) is 0 Å². The molecule has 1 heterocycles. The molecule has 0 saturated carbocycles. The Kier molecular flexibility index (Phi) is 4.96. The molecule has 17 heavy (non-hydrogen) atoms. The third-order valence-electron chi connectivity index (χ3n) is 2.96. The van der Waals surface area contributed by atoms with Crippen molar-refractivity contribution in [2.24, 2.45) is 0 Å². The molecule has 1 atom stereocenters. The average molecular weight is 274 g/mol. The zero-order valence-corrected chi connectivity index (χ0v) is 11.2. The second-order valence-electron chi connectivity index (χ2n) is 4.39. The standard InChI is InChI=1S/C13H17Cl2NO/c14-10-7-11(15)9-13(8-10)17-6-2-4-12-3-1-5-16-12/h7-9,12,16H,1-6H2. The summed E-state index contributed by atoms with van der Waals surface area (Å²) in [6, 6.07) is 5.97. The molecule has 2 rings (SSSR count). The minimum Gasteiger partial charge on any atom is -0.493 e. The highest BCUT2D eigenvalue weighted by Crippen LogP contribution is 2.24. The minimum atomic E-state index is 0.616. The molecule has 1 aromatic carbocycles. The van der Waals surface area contributed by atoms with Crippen LogP contribution in [0.15, 0.2) is 18.2 Å². The van der Waals surface area contributed by atoms with Crippen molar-refractivity contribution < 1.29 is 4.74 Å². The van der Waals surface area contributed by atoms with E-state index in [0.717, 1.165) is 25.3 Å². The Hall–Kier alpha value is -0.440. The van der Waals surface area contributed by atoms with Crippen LogP contribution in [0.4, 0.5) is 0 Å². The van der Waals surface area contributed by atoms with E-state index >= 15 is 0 Å². The summed E-state index contributed by atoms with van der Waals surface area (Å²) in [7, 11) is 0. The Labute approximate surface area is 112 Å². The molecule has 1 aromatic rings. The van der Waals surface area contributed by atoms with Crippen LogP contribution < -0.4 is 10.1 Å². The highest BCUT2D eigenvalue weighted by Gasteiger charge is 2.12. The van der Waals surface area contributed by atoms with E-state index < -0.39 is 0 Å². The van der Waals surface area contributed by atoms with Crippen molar-refractivity contribution in [3.63, 3.8) is 0 Å². The maximum Gasteiger partial charge on any atom is 0.122 e. The normalized spacial score (nSPS) is 19.5. The molecule has 4 heteroatoms. The summed E-state index contributed by atoms with van der Waals surface area (Å²) < 4.78 is 5.63. The molecule has 0 bridgehead atoms. The number of rotatable bonds is 5. The van der Waals surface area contributed by atoms with Crippen LogP contribution in [0.1, 0.15) is 25.7 Å². The van der Waals surface area contributed by atoms with Gasteiger partial charge in [-0.1, -0.05) is 23.2 Å². The first-order valence-corrected chi connectivity index (χ1v) is 6.82. The zero-order valence-electron chi connectivity index (χ0n) is 9.72. The molecule has 0 spiro atoms. The van der Waals surface area contributed by atoms with E-state index in [9.17, 15) is 0 Å². The number of hydrogen-bond acceptors (Lipinski definition) is 2.